The van der Waals surface area contributed by atoms with Crippen LogP contribution in [0.2, 0.25) is 0 Å². The van der Waals surface area contributed by atoms with Crippen molar-refractivity contribution in [3.63, 3.8) is 0 Å². The Morgan fingerprint density at radius 2 is 1.95 bits per heavy atom. The first-order valence-electron chi connectivity index (χ1n) is 7.29. The second-order valence-corrected chi connectivity index (χ2v) is 5.22. The van der Waals surface area contributed by atoms with E-state index in [9.17, 15) is 4.79 Å². The fraction of sp³-hybridized carbons (Fsp3) is 0.562. The third-order valence-corrected chi connectivity index (χ3v) is 2.89. The lowest BCUT2D eigenvalue weighted by Crippen LogP contribution is -2.34. The average Bonchev–Trinajstić information content (AvgIpc) is 2.42. The highest BCUT2D eigenvalue weighted by molar-refractivity contribution is 5.77. The minimum absolute atomic E-state index is 0.0513. The molecule has 1 rings (SSSR count). The maximum absolute atomic E-state index is 11.6. The van der Waals surface area contributed by atoms with Gasteiger partial charge in [0, 0.05) is 17.6 Å². The molecule has 0 aliphatic carbocycles. The summed E-state index contributed by atoms with van der Waals surface area (Å²) >= 11 is 0. The largest absolute Gasteiger partial charge is 0.483 e. The van der Waals surface area contributed by atoms with Crippen LogP contribution < -0.4 is 15.4 Å². The Bertz CT molecular complexity index is 419. The molecule has 0 heterocycles. The molecule has 0 aliphatic rings. The van der Waals surface area contributed by atoms with Crippen molar-refractivity contribution in [3.8, 4) is 5.75 Å². The van der Waals surface area contributed by atoms with Crippen LogP contribution in [0.4, 0.5) is 0 Å². The minimum Gasteiger partial charge on any atom is -0.483 e. The van der Waals surface area contributed by atoms with Crippen molar-refractivity contribution in [1.82, 2.24) is 10.6 Å². The number of nitrogens with one attached hydrogen (secondary N) is 2. The lowest BCUT2D eigenvalue weighted by atomic mass is 10.1. The minimum atomic E-state index is -0.0935. The Hall–Kier alpha value is -1.55. The Kier molecular flexibility index (Phi) is 7.09. The highest BCUT2D eigenvalue weighted by atomic mass is 16.5. The van der Waals surface area contributed by atoms with Crippen molar-refractivity contribution in [2.24, 2.45) is 0 Å². The molecule has 0 saturated carbocycles. The molecule has 0 bridgehead atoms. The highest BCUT2D eigenvalue weighted by Crippen LogP contribution is 2.24. The van der Waals surface area contributed by atoms with Crippen molar-refractivity contribution in [3.05, 3.63) is 29.8 Å². The van der Waals surface area contributed by atoms with Crippen molar-refractivity contribution in [2.75, 3.05) is 13.2 Å². The lowest BCUT2D eigenvalue weighted by Gasteiger charge is -2.18. The zero-order valence-electron chi connectivity index (χ0n) is 12.9. The van der Waals surface area contributed by atoms with Crippen molar-refractivity contribution in [1.29, 1.82) is 0 Å². The Morgan fingerprint density at radius 1 is 1.25 bits per heavy atom. The van der Waals surface area contributed by atoms with Gasteiger partial charge in [0.2, 0.25) is 0 Å². The lowest BCUT2D eigenvalue weighted by molar-refractivity contribution is -0.123. The molecule has 0 fully saturated rings. The number of amides is 1. The van der Waals surface area contributed by atoms with Crippen molar-refractivity contribution < 1.29 is 9.53 Å². The molecule has 2 N–H and O–H groups in total. The molecule has 0 saturated heterocycles. The first-order chi connectivity index (χ1) is 9.54. The van der Waals surface area contributed by atoms with E-state index in [4.69, 9.17) is 4.74 Å². The molecule has 0 spiro atoms. The van der Waals surface area contributed by atoms with E-state index in [1.54, 1.807) is 0 Å². The quantitative estimate of drug-likeness (QED) is 0.768. The van der Waals surface area contributed by atoms with Gasteiger partial charge in [0.1, 0.15) is 5.75 Å². The first-order valence-corrected chi connectivity index (χ1v) is 7.29. The number of para-hydroxylation sites is 1. The van der Waals surface area contributed by atoms with Crippen LogP contribution >= 0.6 is 0 Å². The average molecular weight is 278 g/mol. The number of hydrogen-bond acceptors (Lipinski definition) is 3. The van der Waals surface area contributed by atoms with Gasteiger partial charge in [0.15, 0.2) is 6.61 Å². The molecule has 20 heavy (non-hydrogen) atoms. The van der Waals surface area contributed by atoms with Gasteiger partial charge in [-0.1, -0.05) is 25.1 Å². The molecule has 1 aromatic rings. The van der Waals surface area contributed by atoms with Crippen LogP contribution in [0.25, 0.3) is 0 Å². The van der Waals surface area contributed by atoms with E-state index in [1.807, 2.05) is 38.1 Å². The summed E-state index contributed by atoms with van der Waals surface area (Å²) in [5.41, 5.74) is 1.08. The monoisotopic (exact) mass is 278 g/mol. The molecule has 4 heteroatoms. The number of ether oxygens (including phenoxy) is 1. The number of benzene rings is 1. The van der Waals surface area contributed by atoms with E-state index in [0.717, 1.165) is 24.3 Å². The molecule has 1 aromatic carbocycles. The van der Waals surface area contributed by atoms with Crippen molar-refractivity contribution in [2.45, 2.75) is 46.2 Å². The fourth-order valence-electron chi connectivity index (χ4n) is 1.95. The van der Waals surface area contributed by atoms with Crippen LogP contribution in [0, 0.1) is 0 Å². The molecule has 1 unspecified atom stereocenters. The van der Waals surface area contributed by atoms with E-state index < -0.39 is 0 Å². The Balaban J connectivity index is 2.63. The standard InChI is InChI=1S/C16H26N2O2/c1-5-10-17-13(4)14-8-6-7-9-15(14)20-11-16(19)18-12(2)3/h6-9,12-13,17H,5,10-11H2,1-4H3,(H,18,19). The van der Waals surface area contributed by atoms with Gasteiger partial charge in [-0.15, -0.1) is 0 Å². The number of carbonyl (C=O) groups excluding carboxylic acids is 1. The van der Waals surface area contributed by atoms with E-state index in [1.165, 1.54) is 0 Å². The van der Waals surface area contributed by atoms with Crippen LogP contribution in [-0.4, -0.2) is 25.1 Å². The maximum atomic E-state index is 11.6. The SMILES string of the molecule is CCCNC(C)c1ccccc1OCC(=O)NC(C)C. The summed E-state index contributed by atoms with van der Waals surface area (Å²) in [4.78, 5) is 11.6. The van der Waals surface area contributed by atoms with E-state index >= 15 is 0 Å². The molecule has 0 aliphatic heterocycles. The van der Waals surface area contributed by atoms with E-state index in [0.29, 0.717) is 0 Å². The van der Waals surface area contributed by atoms with Crippen LogP contribution in [0.3, 0.4) is 0 Å². The molecule has 0 aromatic heterocycles. The van der Waals surface area contributed by atoms with Gasteiger partial charge in [0.05, 0.1) is 0 Å². The predicted octanol–water partition coefficient (Wildman–Crippen LogP) is 2.65. The third-order valence-electron chi connectivity index (χ3n) is 2.89. The zero-order valence-corrected chi connectivity index (χ0v) is 12.9. The van der Waals surface area contributed by atoms with E-state index in [-0.39, 0.29) is 24.6 Å². The molecular weight excluding hydrogens is 252 g/mol. The van der Waals surface area contributed by atoms with Gasteiger partial charge in [-0.3, -0.25) is 4.79 Å². The van der Waals surface area contributed by atoms with Gasteiger partial charge < -0.3 is 15.4 Å². The molecular formula is C16H26N2O2. The van der Waals surface area contributed by atoms with E-state index in [2.05, 4.69) is 24.5 Å². The summed E-state index contributed by atoms with van der Waals surface area (Å²) in [6.07, 6.45) is 1.09. The molecule has 4 nitrogen and oxygen atoms in total. The summed E-state index contributed by atoms with van der Waals surface area (Å²) in [6, 6.07) is 8.18. The topological polar surface area (TPSA) is 50.4 Å². The summed E-state index contributed by atoms with van der Waals surface area (Å²) in [5, 5.41) is 6.24. The fourth-order valence-corrected chi connectivity index (χ4v) is 1.95. The Morgan fingerprint density at radius 3 is 2.60 bits per heavy atom. The summed E-state index contributed by atoms with van der Waals surface area (Å²) in [7, 11) is 0. The summed E-state index contributed by atoms with van der Waals surface area (Å²) in [6.45, 7) is 9.12. The van der Waals surface area contributed by atoms with Crippen LogP contribution in [0.15, 0.2) is 24.3 Å². The van der Waals surface area contributed by atoms with Gasteiger partial charge in [-0.25, -0.2) is 0 Å². The first kappa shape index (κ1) is 16.5. The normalized spacial score (nSPS) is 12.2. The van der Waals surface area contributed by atoms with Crippen molar-refractivity contribution >= 4 is 5.91 Å². The predicted molar refractivity (Wildman–Crippen MR) is 81.9 cm³/mol. The molecule has 1 amide bonds. The van der Waals surface area contributed by atoms with Gasteiger partial charge in [-0.2, -0.15) is 0 Å². The van der Waals surface area contributed by atoms with Gasteiger partial charge in [0.25, 0.3) is 5.91 Å². The zero-order chi connectivity index (χ0) is 15.0. The van der Waals surface area contributed by atoms with Gasteiger partial charge in [-0.05, 0) is 39.8 Å². The van der Waals surface area contributed by atoms with Crippen LogP contribution in [-0.2, 0) is 4.79 Å². The molecule has 1 atom stereocenters. The number of hydrogen-bond donors (Lipinski definition) is 2. The van der Waals surface area contributed by atoms with Gasteiger partial charge >= 0.3 is 0 Å². The summed E-state index contributed by atoms with van der Waals surface area (Å²) in [5.74, 6) is 0.673. The number of carbonyl (C=O) groups is 1. The second-order valence-electron chi connectivity index (χ2n) is 5.22. The number of rotatable bonds is 8. The third kappa shape index (κ3) is 5.61. The smallest absolute Gasteiger partial charge is 0.258 e. The molecule has 112 valence electrons. The second kappa shape index (κ2) is 8.59. The Labute approximate surface area is 121 Å². The maximum Gasteiger partial charge on any atom is 0.258 e. The van der Waals surface area contributed by atoms with Crippen LogP contribution in [0.1, 0.15) is 45.7 Å². The highest BCUT2D eigenvalue weighted by Gasteiger charge is 2.12. The summed E-state index contributed by atoms with van der Waals surface area (Å²) < 4.78 is 5.65. The van der Waals surface area contributed by atoms with Crippen LogP contribution in [0.5, 0.6) is 5.75 Å². The molecule has 0 radical (unpaired) electrons.